The molecule has 0 saturated carbocycles. The average Bonchev–Trinajstić information content (AvgIpc) is 2.44. The second kappa shape index (κ2) is 7.33. The van der Waals surface area contributed by atoms with Crippen LogP contribution in [0.4, 0.5) is 13.2 Å². The van der Waals surface area contributed by atoms with Crippen LogP contribution in [0.2, 0.25) is 5.02 Å². The summed E-state index contributed by atoms with van der Waals surface area (Å²) in [6.07, 6.45) is 0. The average molecular weight is 316 g/mol. The van der Waals surface area contributed by atoms with Crippen molar-refractivity contribution in [3.8, 4) is 5.75 Å². The van der Waals surface area contributed by atoms with Crippen molar-refractivity contribution >= 4 is 11.6 Å². The van der Waals surface area contributed by atoms with E-state index in [9.17, 15) is 13.2 Å². The Morgan fingerprint density at radius 1 is 1.00 bits per heavy atom. The minimum absolute atomic E-state index is 0.0859. The monoisotopic (exact) mass is 315 g/mol. The van der Waals surface area contributed by atoms with E-state index < -0.39 is 12.4 Å². The molecule has 1 N–H and O–H groups in total. The van der Waals surface area contributed by atoms with Crippen LogP contribution in [-0.2, 0) is 13.1 Å². The third-order valence-electron chi connectivity index (χ3n) is 2.79. The van der Waals surface area contributed by atoms with Crippen LogP contribution in [0.25, 0.3) is 0 Å². The van der Waals surface area contributed by atoms with Gasteiger partial charge in [0.15, 0.2) is 0 Å². The van der Waals surface area contributed by atoms with Crippen molar-refractivity contribution in [2.45, 2.75) is 19.7 Å². The SMILES string of the molecule is Fc1ccc(CNCc2ccc(OC(F)F)cc2)cc1Cl. The molecule has 2 aromatic carbocycles. The lowest BCUT2D eigenvalue weighted by molar-refractivity contribution is -0.0498. The Kier molecular flexibility index (Phi) is 5.47. The Morgan fingerprint density at radius 3 is 2.24 bits per heavy atom. The smallest absolute Gasteiger partial charge is 0.387 e. The van der Waals surface area contributed by atoms with E-state index in [1.807, 2.05) is 0 Å². The lowest BCUT2D eigenvalue weighted by Crippen LogP contribution is -2.12. The number of rotatable bonds is 6. The largest absolute Gasteiger partial charge is 0.435 e. The van der Waals surface area contributed by atoms with Crippen molar-refractivity contribution in [3.05, 3.63) is 64.4 Å². The first kappa shape index (κ1) is 15.7. The van der Waals surface area contributed by atoms with Gasteiger partial charge in [-0.05, 0) is 35.4 Å². The molecule has 0 atom stereocenters. The molecular formula is C15H13ClF3NO. The molecule has 0 fully saturated rings. The summed E-state index contributed by atoms with van der Waals surface area (Å²) in [5, 5.41) is 3.24. The molecule has 0 saturated heterocycles. The lowest BCUT2D eigenvalue weighted by Gasteiger charge is -2.08. The molecule has 0 spiro atoms. The molecule has 0 radical (unpaired) electrons. The summed E-state index contributed by atoms with van der Waals surface area (Å²) in [5.74, 6) is -0.325. The highest BCUT2D eigenvalue weighted by Gasteiger charge is 2.04. The topological polar surface area (TPSA) is 21.3 Å². The van der Waals surface area contributed by atoms with Crippen molar-refractivity contribution in [2.75, 3.05) is 0 Å². The molecule has 2 rings (SSSR count). The van der Waals surface area contributed by atoms with Gasteiger partial charge in [-0.2, -0.15) is 8.78 Å². The van der Waals surface area contributed by atoms with Gasteiger partial charge in [-0.15, -0.1) is 0 Å². The highest BCUT2D eigenvalue weighted by atomic mass is 35.5. The maximum Gasteiger partial charge on any atom is 0.387 e. The van der Waals surface area contributed by atoms with Crippen LogP contribution in [0.3, 0.4) is 0 Å². The Labute approximate surface area is 125 Å². The first-order valence-electron chi connectivity index (χ1n) is 6.23. The molecule has 6 heteroatoms. The molecule has 0 bridgehead atoms. The van der Waals surface area contributed by atoms with Crippen molar-refractivity contribution in [2.24, 2.45) is 0 Å². The molecule has 0 amide bonds. The Balaban J connectivity index is 1.84. The van der Waals surface area contributed by atoms with Crippen molar-refractivity contribution in [3.63, 3.8) is 0 Å². The zero-order valence-corrected chi connectivity index (χ0v) is 11.7. The quantitative estimate of drug-likeness (QED) is 0.854. The Morgan fingerprint density at radius 2 is 1.62 bits per heavy atom. The van der Waals surface area contributed by atoms with Gasteiger partial charge in [0.2, 0.25) is 0 Å². The van der Waals surface area contributed by atoms with E-state index in [0.29, 0.717) is 13.1 Å². The summed E-state index contributed by atoms with van der Waals surface area (Å²) in [4.78, 5) is 0. The number of benzene rings is 2. The Bertz CT molecular complexity index is 590. The number of hydrogen-bond acceptors (Lipinski definition) is 2. The van der Waals surface area contributed by atoms with Crippen molar-refractivity contribution in [1.82, 2.24) is 5.32 Å². The van der Waals surface area contributed by atoms with E-state index in [2.05, 4.69) is 10.1 Å². The molecule has 2 nitrogen and oxygen atoms in total. The highest BCUT2D eigenvalue weighted by molar-refractivity contribution is 6.30. The summed E-state index contributed by atoms with van der Waals surface area (Å²) in [5.41, 5.74) is 1.78. The van der Waals surface area contributed by atoms with Crippen molar-refractivity contribution < 1.29 is 17.9 Å². The number of hydrogen-bond donors (Lipinski definition) is 1. The van der Waals surface area contributed by atoms with Crippen LogP contribution in [0.5, 0.6) is 5.75 Å². The molecule has 0 unspecified atom stereocenters. The van der Waals surface area contributed by atoms with Gasteiger partial charge in [0.25, 0.3) is 0 Å². The molecule has 2 aromatic rings. The fourth-order valence-corrected chi connectivity index (χ4v) is 1.99. The lowest BCUT2D eigenvalue weighted by atomic mass is 10.2. The molecule has 0 aliphatic heterocycles. The normalized spacial score (nSPS) is 10.9. The standard InChI is InChI=1S/C15H13ClF3NO/c16-13-7-11(3-6-14(13)17)9-20-8-10-1-4-12(5-2-10)21-15(18)19/h1-7,15,20H,8-9H2. The number of ether oxygens (including phenoxy) is 1. The van der Waals surface area contributed by atoms with Gasteiger partial charge in [-0.1, -0.05) is 29.8 Å². The van der Waals surface area contributed by atoms with Crippen LogP contribution in [0, 0.1) is 5.82 Å². The maximum atomic E-state index is 13.0. The van der Waals surface area contributed by atoms with Gasteiger partial charge in [0.05, 0.1) is 5.02 Å². The predicted octanol–water partition coefficient (Wildman–Crippen LogP) is 4.37. The van der Waals surface area contributed by atoms with Crippen molar-refractivity contribution in [1.29, 1.82) is 0 Å². The highest BCUT2D eigenvalue weighted by Crippen LogP contribution is 2.17. The molecular weight excluding hydrogens is 303 g/mol. The van der Waals surface area contributed by atoms with Crippen LogP contribution in [0.15, 0.2) is 42.5 Å². The van der Waals surface area contributed by atoms with Crippen LogP contribution in [0.1, 0.15) is 11.1 Å². The van der Waals surface area contributed by atoms with E-state index >= 15 is 0 Å². The molecule has 0 aliphatic carbocycles. The van der Waals surface area contributed by atoms with E-state index in [-0.39, 0.29) is 10.8 Å². The second-order valence-electron chi connectivity index (χ2n) is 4.37. The summed E-state index contributed by atoms with van der Waals surface area (Å²) >= 11 is 5.69. The number of halogens is 4. The van der Waals surface area contributed by atoms with Crippen LogP contribution < -0.4 is 10.1 Å². The van der Waals surface area contributed by atoms with Gasteiger partial charge in [0.1, 0.15) is 11.6 Å². The minimum atomic E-state index is -2.82. The van der Waals surface area contributed by atoms with Gasteiger partial charge < -0.3 is 10.1 Å². The second-order valence-corrected chi connectivity index (χ2v) is 4.78. The van der Waals surface area contributed by atoms with Gasteiger partial charge in [-0.3, -0.25) is 0 Å². The van der Waals surface area contributed by atoms with Gasteiger partial charge in [0, 0.05) is 13.1 Å². The first-order chi connectivity index (χ1) is 10.0. The fraction of sp³-hybridized carbons (Fsp3) is 0.200. The first-order valence-corrected chi connectivity index (χ1v) is 6.61. The third kappa shape index (κ3) is 4.95. The fourth-order valence-electron chi connectivity index (χ4n) is 1.79. The molecule has 0 aliphatic rings. The summed E-state index contributed by atoms with van der Waals surface area (Å²) < 4.78 is 41.3. The van der Waals surface area contributed by atoms with Gasteiger partial charge >= 0.3 is 6.61 Å². The number of alkyl halides is 2. The number of nitrogens with one attached hydrogen (secondary N) is 1. The molecule has 112 valence electrons. The Hall–Kier alpha value is -1.72. The van der Waals surface area contributed by atoms with E-state index in [1.165, 1.54) is 18.2 Å². The zero-order valence-electron chi connectivity index (χ0n) is 11.0. The van der Waals surface area contributed by atoms with E-state index in [1.54, 1.807) is 24.3 Å². The summed E-state index contributed by atoms with van der Waals surface area (Å²) in [7, 11) is 0. The van der Waals surface area contributed by atoms with Crippen LogP contribution >= 0.6 is 11.6 Å². The molecule has 0 aromatic heterocycles. The molecule has 0 heterocycles. The summed E-state index contributed by atoms with van der Waals surface area (Å²) in [6, 6.07) is 10.9. The summed E-state index contributed by atoms with van der Waals surface area (Å²) in [6.45, 7) is -1.75. The maximum absolute atomic E-state index is 13.0. The van der Waals surface area contributed by atoms with Crippen LogP contribution in [-0.4, -0.2) is 6.61 Å². The zero-order chi connectivity index (χ0) is 15.2. The van der Waals surface area contributed by atoms with E-state index in [4.69, 9.17) is 11.6 Å². The minimum Gasteiger partial charge on any atom is -0.435 e. The third-order valence-corrected chi connectivity index (χ3v) is 3.08. The predicted molar refractivity (Wildman–Crippen MR) is 75.0 cm³/mol. The van der Waals surface area contributed by atoms with Gasteiger partial charge in [-0.25, -0.2) is 4.39 Å². The molecule has 21 heavy (non-hydrogen) atoms. The van der Waals surface area contributed by atoms with E-state index in [0.717, 1.165) is 11.1 Å².